The van der Waals surface area contributed by atoms with Crippen LogP contribution in [0.25, 0.3) is 0 Å². The topological polar surface area (TPSA) is 0 Å². The third kappa shape index (κ3) is 1.72. The Balaban J connectivity index is 2.05. The lowest BCUT2D eigenvalue weighted by Crippen LogP contribution is -2.45. The maximum atomic E-state index is 2.34. The Bertz CT molecular complexity index is 476. The number of fused-ring (bicyclic) bond motifs is 1. The van der Waals surface area contributed by atoms with Crippen LogP contribution in [0, 0.1) is 0 Å². The minimum Gasteiger partial charge on any atom is -0.0628 e. The zero-order valence-electron chi connectivity index (χ0n) is 9.32. The summed E-state index contributed by atoms with van der Waals surface area (Å²) in [6.45, 7) is 0. The molecule has 1 radical (unpaired) electrons. The summed E-state index contributed by atoms with van der Waals surface area (Å²) in [5.74, 6) is 0. The van der Waals surface area contributed by atoms with Crippen molar-refractivity contribution in [2.24, 2.45) is 0 Å². The molecule has 0 saturated heterocycles. The average Bonchev–Trinajstić information content (AvgIpc) is 2.39. The van der Waals surface area contributed by atoms with Gasteiger partial charge in [0.2, 0.25) is 0 Å². The Morgan fingerprint density at radius 3 is 2.44 bits per heavy atom. The van der Waals surface area contributed by atoms with Crippen molar-refractivity contribution in [1.82, 2.24) is 0 Å². The standard InChI is InChI=1S/C15H15Si/c1-2-9-14(10-3-1)16-12-6-8-13-7-4-5-11-15(13)16/h1-5,7,9-11H,6,8,12H2. The number of rotatable bonds is 1. The lowest BCUT2D eigenvalue weighted by molar-refractivity contribution is 0.901. The molecule has 0 amide bonds. The van der Waals surface area contributed by atoms with E-state index in [0.29, 0.717) is 0 Å². The first-order chi connectivity index (χ1) is 7.95. The van der Waals surface area contributed by atoms with Crippen LogP contribution >= 0.6 is 0 Å². The van der Waals surface area contributed by atoms with Crippen LogP contribution in [-0.2, 0) is 6.42 Å². The molecule has 0 aromatic heterocycles. The van der Waals surface area contributed by atoms with E-state index in [-0.39, 0.29) is 0 Å². The fourth-order valence-corrected chi connectivity index (χ4v) is 5.45. The molecule has 2 aromatic carbocycles. The third-order valence-corrected chi connectivity index (χ3v) is 6.36. The van der Waals surface area contributed by atoms with Gasteiger partial charge in [-0.2, -0.15) is 0 Å². The van der Waals surface area contributed by atoms with Gasteiger partial charge in [0.15, 0.2) is 0 Å². The molecule has 1 heterocycles. The summed E-state index contributed by atoms with van der Waals surface area (Å²) in [5.41, 5.74) is 1.59. The van der Waals surface area contributed by atoms with Gasteiger partial charge < -0.3 is 0 Å². The van der Waals surface area contributed by atoms with E-state index >= 15 is 0 Å². The first-order valence-corrected chi connectivity index (χ1v) is 7.65. The number of hydrogen-bond donors (Lipinski definition) is 0. The second kappa shape index (κ2) is 4.26. The predicted octanol–water partition coefficient (Wildman–Crippen LogP) is 2.24. The second-order valence-electron chi connectivity index (χ2n) is 4.36. The maximum absolute atomic E-state index is 2.34. The van der Waals surface area contributed by atoms with Crippen LogP contribution in [0.1, 0.15) is 12.0 Å². The molecular formula is C15H15Si. The van der Waals surface area contributed by atoms with Gasteiger partial charge in [0.1, 0.15) is 8.80 Å². The molecule has 3 rings (SSSR count). The Morgan fingerprint density at radius 1 is 0.812 bits per heavy atom. The van der Waals surface area contributed by atoms with Crippen molar-refractivity contribution in [3.8, 4) is 0 Å². The van der Waals surface area contributed by atoms with Gasteiger partial charge in [0, 0.05) is 0 Å². The van der Waals surface area contributed by atoms with Gasteiger partial charge in [-0.05, 0) is 12.0 Å². The van der Waals surface area contributed by atoms with Crippen molar-refractivity contribution in [2.45, 2.75) is 18.9 Å². The molecule has 0 aliphatic carbocycles. The number of hydrogen-bond acceptors (Lipinski definition) is 0. The van der Waals surface area contributed by atoms with Crippen LogP contribution in [0.2, 0.25) is 6.04 Å². The fraction of sp³-hybridized carbons (Fsp3) is 0.200. The molecule has 2 aromatic rings. The SMILES string of the molecule is c1ccc([Si]2CCCc3ccccc32)cc1. The molecule has 0 bridgehead atoms. The molecular weight excluding hydrogens is 208 g/mol. The molecule has 1 heteroatoms. The molecule has 16 heavy (non-hydrogen) atoms. The number of benzene rings is 2. The highest BCUT2D eigenvalue weighted by atomic mass is 28.3. The Morgan fingerprint density at radius 2 is 1.56 bits per heavy atom. The summed E-state index contributed by atoms with van der Waals surface area (Å²) in [6.07, 6.45) is 2.64. The van der Waals surface area contributed by atoms with E-state index in [9.17, 15) is 0 Å². The molecule has 1 aliphatic heterocycles. The van der Waals surface area contributed by atoms with Gasteiger partial charge in [-0.25, -0.2) is 0 Å². The first kappa shape index (κ1) is 9.85. The monoisotopic (exact) mass is 223 g/mol. The van der Waals surface area contributed by atoms with Crippen molar-refractivity contribution < 1.29 is 0 Å². The van der Waals surface area contributed by atoms with Crippen molar-refractivity contribution >= 4 is 19.2 Å². The average molecular weight is 223 g/mol. The van der Waals surface area contributed by atoms with E-state index in [1.807, 2.05) is 0 Å². The normalized spacial score (nSPS) is 15.8. The molecule has 0 spiro atoms. The molecule has 0 nitrogen and oxygen atoms in total. The van der Waals surface area contributed by atoms with Gasteiger partial charge >= 0.3 is 0 Å². The van der Waals surface area contributed by atoms with E-state index < -0.39 is 8.80 Å². The van der Waals surface area contributed by atoms with Crippen molar-refractivity contribution in [3.63, 3.8) is 0 Å². The summed E-state index contributed by atoms with van der Waals surface area (Å²) < 4.78 is 0. The van der Waals surface area contributed by atoms with E-state index in [1.54, 1.807) is 15.9 Å². The van der Waals surface area contributed by atoms with Crippen molar-refractivity contribution in [2.75, 3.05) is 0 Å². The zero-order chi connectivity index (χ0) is 10.8. The van der Waals surface area contributed by atoms with Crippen LogP contribution in [-0.4, -0.2) is 8.80 Å². The van der Waals surface area contributed by atoms with Crippen molar-refractivity contribution in [1.29, 1.82) is 0 Å². The first-order valence-electron chi connectivity index (χ1n) is 5.95. The van der Waals surface area contributed by atoms with E-state index in [1.165, 1.54) is 18.9 Å². The molecule has 0 atom stereocenters. The van der Waals surface area contributed by atoms with Crippen LogP contribution < -0.4 is 10.4 Å². The second-order valence-corrected chi connectivity index (χ2v) is 6.93. The van der Waals surface area contributed by atoms with Crippen LogP contribution in [0.15, 0.2) is 54.6 Å². The minimum absolute atomic E-state index is 0.482. The predicted molar refractivity (Wildman–Crippen MR) is 71.0 cm³/mol. The largest absolute Gasteiger partial charge is 0.121 e. The zero-order valence-corrected chi connectivity index (χ0v) is 10.3. The third-order valence-electron chi connectivity index (χ3n) is 3.34. The molecule has 0 fully saturated rings. The Labute approximate surface area is 98.6 Å². The minimum atomic E-state index is -0.482. The summed E-state index contributed by atoms with van der Waals surface area (Å²) in [6, 6.07) is 21.5. The molecule has 1 aliphatic rings. The summed E-state index contributed by atoms with van der Waals surface area (Å²) >= 11 is 0. The fourth-order valence-electron chi connectivity index (χ4n) is 2.56. The van der Waals surface area contributed by atoms with Gasteiger partial charge in [-0.3, -0.25) is 0 Å². The summed E-state index contributed by atoms with van der Waals surface area (Å²) in [5, 5.41) is 3.21. The summed E-state index contributed by atoms with van der Waals surface area (Å²) in [7, 11) is -0.482. The van der Waals surface area contributed by atoms with Gasteiger partial charge in [0.25, 0.3) is 0 Å². The Kier molecular flexibility index (Phi) is 2.62. The van der Waals surface area contributed by atoms with Gasteiger partial charge in [-0.15, -0.1) is 0 Å². The highest BCUT2D eigenvalue weighted by Gasteiger charge is 2.22. The Hall–Kier alpha value is -1.34. The molecule has 0 saturated carbocycles. The summed E-state index contributed by atoms with van der Waals surface area (Å²) in [4.78, 5) is 0. The highest BCUT2D eigenvalue weighted by Crippen LogP contribution is 2.14. The molecule has 79 valence electrons. The van der Waals surface area contributed by atoms with Gasteiger partial charge in [-0.1, -0.05) is 77.4 Å². The van der Waals surface area contributed by atoms with E-state index in [2.05, 4.69) is 54.6 Å². The van der Waals surface area contributed by atoms with Crippen LogP contribution in [0.4, 0.5) is 0 Å². The van der Waals surface area contributed by atoms with Crippen LogP contribution in [0.3, 0.4) is 0 Å². The maximum Gasteiger partial charge on any atom is 0.121 e. The quantitative estimate of drug-likeness (QED) is 0.651. The van der Waals surface area contributed by atoms with Gasteiger partial charge in [0.05, 0.1) is 0 Å². The number of aryl methyl sites for hydroxylation is 1. The highest BCUT2D eigenvalue weighted by molar-refractivity contribution is 6.85. The lowest BCUT2D eigenvalue weighted by atomic mass is 10.1. The molecule has 0 N–H and O–H groups in total. The lowest BCUT2D eigenvalue weighted by Gasteiger charge is -2.24. The smallest absolute Gasteiger partial charge is 0.0628 e. The van der Waals surface area contributed by atoms with E-state index in [0.717, 1.165) is 0 Å². The van der Waals surface area contributed by atoms with E-state index in [4.69, 9.17) is 0 Å². The van der Waals surface area contributed by atoms with Crippen molar-refractivity contribution in [3.05, 3.63) is 60.2 Å². The van der Waals surface area contributed by atoms with Crippen LogP contribution in [0.5, 0.6) is 0 Å². The molecule has 0 unspecified atom stereocenters.